The first-order chi connectivity index (χ1) is 8.81. The van der Waals surface area contributed by atoms with Gasteiger partial charge in [-0.3, -0.25) is 14.4 Å². The molecule has 0 aliphatic heterocycles. The second kappa shape index (κ2) is 8.00. The van der Waals surface area contributed by atoms with Crippen LogP contribution in [0.4, 0.5) is 0 Å². The predicted octanol–water partition coefficient (Wildman–Crippen LogP) is -4.13. The maximum Gasteiger partial charge on any atom is 0.326 e. The Labute approximate surface area is 108 Å². The molecule has 0 spiro atoms. The number of rotatable bonds is 8. The molecule has 0 radical (unpaired) electrons. The van der Waals surface area contributed by atoms with Crippen LogP contribution in [0.15, 0.2) is 0 Å². The van der Waals surface area contributed by atoms with Gasteiger partial charge >= 0.3 is 5.97 Å². The van der Waals surface area contributed by atoms with Crippen LogP contribution >= 0.6 is 0 Å². The van der Waals surface area contributed by atoms with Crippen molar-refractivity contribution in [3.05, 3.63) is 0 Å². The van der Waals surface area contributed by atoms with Crippen molar-refractivity contribution in [1.82, 2.24) is 10.6 Å². The fourth-order valence-electron chi connectivity index (χ4n) is 1.12. The van der Waals surface area contributed by atoms with E-state index in [1.165, 1.54) is 0 Å². The summed E-state index contributed by atoms with van der Waals surface area (Å²) in [6.45, 7) is -1.14. The Morgan fingerprint density at radius 2 is 1.68 bits per heavy atom. The predicted molar refractivity (Wildman–Crippen MR) is 61.4 cm³/mol. The minimum absolute atomic E-state index is 0.395. The molecule has 10 heteroatoms. The molecule has 0 aliphatic carbocycles. The van der Waals surface area contributed by atoms with Gasteiger partial charge in [-0.1, -0.05) is 0 Å². The molecule has 2 unspecified atom stereocenters. The third-order valence-electron chi connectivity index (χ3n) is 2.04. The molecule has 0 aliphatic rings. The van der Waals surface area contributed by atoms with Crippen molar-refractivity contribution in [2.45, 2.75) is 18.5 Å². The standard InChI is InChI=1S/C9H16N4O6/c10-2-7(16)12-5(3-14)8(17)13-4(9(18)19)1-6(11)15/h4-5,14H,1-3,10H2,(H2,11,15)(H,12,16)(H,13,17)(H,18,19). The summed E-state index contributed by atoms with van der Waals surface area (Å²) in [6.07, 6.45) is -0.607. The summed E-state index contributed by atoms with van der Waals surface area (Å²) >= 11 is 0. The zero-order valence-corrected chi connectivity index (χ0v) is 9.96. The second-order valence-electron chi connectivity index (χ2n) is 3.58. The molecule has 19 heavy (non-hydrogen) atoms. The maximum absolute atomic E-state index is 11.6. The molecule has 108 valence electrons. The molecule has 0 saturated carbocycles. The molecule has 0 aromatic carbocycles. The number of carbonyl (C=O) groups excluding carboxylic acids is 3. The van der Waals surface area contributed by atoms with Gasteiger partial charge in [0.2, 0.25) is 17.7 Å². The number of nitrogens with two attached hydrogens (primary N) is 2. The topological polar surface area (TPSA) is 185 Å². The average molecular weight is 276 g/mol. The number of carbonyl (C=O) groups is 4. The number of amides is 3. The average Bonchev–Trinajstić information content (AvgIpc) is 2.33. The van der Waals surface area contributed by atoms with Gasteiger partial charge in [-0.25, -0.2) is 4.79 Å². The van der Waals surface area contributed by atoms with Crippen LogP contribution < -0.4 is 22.1 Å². The van der Waals surface area contributed by atoms with E-state index < -0.39 is 55.3 Å². The highest BCUT2D eigenvalue weighted by atomic mass is 16.4. The van der Waals surface area contributed by atoms with Crippen LogP contribution in [-0.2, 0) is 19.2 Å². The number of carboxylic acid groups (broad SMARTS) is 1. The molecule has 10 nitrogen and oxygen atoms in total. The van der Waals surface area contributed by atoms with Crippen LogP contribution in [0.25, 0.3) is 0 Å². The summed E-state index contributed by atoms with van der Waals surface area (Å²) in [4.78, 5) is 43.9. The third kappa shape index (κ3) is 6.33. The largest absolute Gasteiger partial charge is 0.480 e. The third-order valence-corrected chi connectivity index (χ3v) is 2.04. The van der Waals surface area contributed by atoms with E-state index in [1.54, 1.807) is 0 Å². The summed E-state index contributed by atoms with van der Waals surface area (Å²) in [5, 5.41) is 21.7. The normalized spacial score (nSPS) is 13.2. The Bertz CT molecular complexity index is 372. The fraction of sp³-hybridized carbons (Fsp3) is 0.556. The first kappa shape index (κ1) is 16.8. The molecule has 0 saturated heterocycles. The van der Waals surface area contributed by atoms with Crippen LogP contribution in [0.1, 0.15) is 6.42 Å². The summed E-state index contributed by atoms with van der Waals surface area (Å²) in [5.41, 5.74) is 9.84. The Kier molecular flexibility index (Phi) is 7.07. The molecule has 3 amide bonds. The molecule has 2 atom stereocenters. The Morgan fingerprint density at radius 1 is 1.11 bits per heavy atom. The number of aliphatic hydroxyl groups excluding tert-OH is 1. The second-order valence-corrected chi connectivity index (χ2v) is 3.58. The minimum atomic E-state index is -1.53. The van der Waals surface area contributed by atoms with Crippen LogP contribution in [0, 0.1) is 0 Å². The van der Waals surface area contributed by atoms with Gasteiger partial charge in [-0.05, 0) is 0 Å². The molecule has 8 N–H and O–H groups in total. The number of aliphatic hydroxyl groups is 1. The lowest BCUT2D eigenvalue weighted by atomic mass is 10.1. The lowest BCUT2D eigenvalue weighted by Gasteiger charge is -2.19. The summed E-state index contributed by atoms with van der Waals surface area (Å²) in [6, 6.07) is -2.89. The van der Waals surface area contributed by atoms with E-state index in [1.807, 2.05) is 5.32 Å². The van der Waals surface area contributed by atoms with Crippen molar-refractivity contribution in [3.8, 4) is 0 Å². The number of primary amides is 1. The van der Waals surface area contributed by atoms with Crippen molar-refractivity contribution in [1.29, 1.82) is 0 Å². The smallest absolute Gasteiger partial charge is 0.326 e. The van der Waals surface area contributed by atoms with Gasteiger partial charge in [0.05, 0.1) is 19.6 Å². The number of carboxylic acids is 1. The number of hydrogen-bond donors (Lipinski definition) is 6. The maximum atomic E-state index is 11.6. The Balaban J connectivity index is 4.63. The zero-order valence-electron chi connectivity index (χ0n) is 9.96. The molecule has 0 fully saturated rings. The van der Waals surface area contributed by atoms with Crippen molar-refractivity contribution < 1.29 is 29.4 Å². The number of aliphatic carboxylic acids is 1. The lowest BCUT2D eigenvalue weighted by molar-refractivity contribution is -0.143. The van der Waals surface area contributed by atoms with Gasteiger partial charge in [0, 0.05) is 0 Å². The van der Waals surface area contributed by atoms with Crippen LogP contribution in [0.5, 0.6) is 0 Å². The highest BCUT2D eigenvalue weighted by Crippen LogP contribution is 1.94. The van der Waals surface area contributed by atoms with Gasteiger partial charge < -0.3 is 32.3 Å². The van der Waals surface area contributed by atoms with Crippen LogP contribution in [0.2, 0.25) is 0 Å². The van der Waals surface area contributed by atoms with Crippen molar-refractivity contribution in [3.63, 3.8) is 0 Å². The first-order valence-corrected chi connectivity index (χ1v) is 5.23. The summed E-state index contributed by atoms with van der Waals surface area (Å²) in [5.74, 6) is -4.04. The molecule has 0 heterocycles. The van der Waals surface area contributed by atoms with Crippen LogP contribution in [-0.4, -0.2) is 59.1 Å². The summed E-state index contributed by atoms with van der Waals surface area (Å²) in [7, 11) is 0. The fourth-order valence-corrected chi connectivity index (χ4v) is 1.12. The van der Waals surface area contributed by atoms with E-state index in [-0.39, 0.29) is 0 Å². The molecule has 0 bridgehead atoms. The van der Waals surface area contributed by atoms with E-state index in [4.69, 9.17) is 21.7 Å². The molecular formula is C9H16N4O6. The summed E-state index contributed by atoms with van der Waals surface area (Å²) < 4.78 is 0. The van der Waals surface area contributed by atoms with Gasteiger partial charge in [0.15, 0.2) is 0 Å². The van der Waals surface area contributed by atoms with Gasteiger partial charge in [-0.2, -0.15) is 0 Å². The quantitative estimate of drug-likeness (QED) is 0.260. The molecule has 0 aromatic heterocycles. The van der Waals surface area contributed by atoms with E-state index in [0.717, 1.165) is 0 Å². The van der Waals surface area contributed by atoms with Crippen LogP contribution in [0.3, 0.4) is 0 Å². The first-order valence-electron chi connectivity index (χ1n) is 5.23. The van der Waals surface area contributed by atoms with Gasteiger partial charge in [0.1, 0.15) is 12.1 Å². The Hall–Kier alpha value is -2.20. The highest BCUT2D eigenvalue weighted by Gasteiger charge is 2.26. The van der Waals surface area contributed by atoms with E-state index in [2.05, 4.69) is 5.32 Å². The zero-order chi connectivity index (χ0) is 15.0. The van der Waals surface area contributed by atoms with Crippen molar-refractivity contribution >= 4 is 23.7 Å². The Morgan fingerprint density at radius 3 is 2.05 bits per heavy atom. The van der Waals surface area contributed by atoms with Gasteiger partial charge in [0.25, 0.3) is 0 Å². The van der Waals surface area contributed by atoms with Crippen molar-refractivity contribution in [2.75, 3.05) is 13.2 Å². The van der Waals surface area contributed by atoms with Crippen molar-refractivity contribution in [2.24, 2.45) is 11.5 Å². The molecule has 0 rings (SSSR count). The minimum Gasteiger partial charge on any atom is -0.480 e. The van der Waals surface area contributed by atoms with Gasteiger partial charge in [-0.15, -0.1) is 0 Å². The van der Waals surface area contributed by atoms with E-state index >= 15 is 0 Å². The SMILES string of the molecule is NCC(=O)NC(CO)C(=O)NC(CC(N)=O)C(=O)O. The molecular weight excluding hydrogens is 260 g/mol. The molecule has 0 aromatic rings. The van der Waals surface area contributed by atoms with E-state index in [9.17, 15) is 19.2 Å². The number of nitrogens with one attached hydrogen (secondary N) is 2. The monoisotopic (exact) mass is 276 g/mol. The highest BCUT2D eigenvalue weighted by molar-refractivity contribution is 5.92. The number of hydrogen-bond acceptors (Lipinski definition) is 6. The lowest BCUT2D eigenvalue weighted by Crippen LogP contribution is -2.54. The van der Waals surface area contributed by atoms with E-state index in [0.29, 0.717) is 0 Å².